The van der Waals surface area contributed by atoms with E-state index < -0.39 is 18.1 Å². The van der Waals surface area contributed by atoms with Gasteiger partial charge >= 0.3 is 12.1 Å². The molecule has 1 atom stereocenters. The quantitative estimate of drug-likeness (QED) is 0.660. The second kappa shape index (κ2) is 9.05. The zero-order valence-electron chi connectivity index (χ0n) is 17.6. The summed E-state index contributed by atoms with van der Waals surface area (Å²) in [6.45, 7) is 4.89. The van der Waals surface area contributed by atoms with Gasteiger partial charge in [0.05, 0.1) is 10.7 Å². The second-order valence-electron chi connectivity index (χ2n) is 7.76. The fraction of sp³-hybridized carbons (Fsp3) is 0.455. The second-order valence-corrected chi connectivity index (χ2v) is 8.97. The van der Waals surface area contributed by atoms with E-state index in [1.54, 1.807) is 4.90 Å². The van der Waals surface area contributed by atoms with Crippen LogP contribution in [0.5, 0.6) is 0 Å². The van der Waals surface area contributed by atoms with Gasteiger partial charge in [-0.1, -0.05) is 30.3 Å². The lowest BCUT2D eigenvalue weighted by molar-refractivity contribution is -0.150. The van der Waals surface area contributed by atoms with Gasteiger partial charge in [-0.25, -0.2) is 14.6 Å². The highest BCUT2D eigenvalue weighted by atomic mass is 32.1. The molecule has 0 spiro atoms. The van der Waals surface area contributed by atoms with Crippen LogP contribution in [0, 0.1) is 13.8 Å². The minimum atomic E-state index is -0.755. The Morgan fingerprint density at radius 3 is 2.55 bits per heavy atom. The number of thiazole rings is 1. The third-order valence-electron chi connectivity index (χ3n) is 5.65. The van der Waals surface area contributed by atoms with Crippen LogP contribution in [0.25, 0.3) is 0 Å². The zero-order chi connectivity index (χ0) is 22.0. The van der Waals surface area contributed by atoms with Crippen molar-refractivity contribution < 1.29 is 23.9 Å². The Morgan fingerprint density at radius 2 is 1.90 bits per heavy atom. The average Bonchev–Trinajstić information content (AvgIpc) is 3.33. The van der Waals surface area contributed by atoms with Crippen LogP contribution < -0.4 is 0 Å². The van der Waals surface area contributed by atoms with Crippen molar-refractivity contribution in [3.8, 4) is 0 Å². The summed E-state index contributed by atoms with van der Waals surface area (Å²) in [7, 11) is 0. The molecule has 3 heterocycles. The van der Waals surface area contributed by atoms with Crippen molar-refractivity contribution in [2.75, 3.05) is 19.7 Å². The zero-order valence-corrected chi connectivity index (χ0v) is 18.4. The van der Waals surface area contributed by atoms with Gasteiger partial charge in [-0.2, -0.15) is 0 Å². The average molecular weight is 444 g/mol. The van der Waals surface area contributed by atoms with Crippen molar-refractivity contribution in [3.63, 3.8) is 0 Å². The normalized spacial score (nSPS) is 19.4. The summed E-state index contributed by atoms with van der Waals surface area (Å²) in [6.07, 6.45) is 0.667. The third kappa shape index (κ3) is 4.56. The van der Waals surface area contributed by atoms with E-state index in [1.807, 2.05) is 44.2 Å². The Bertz CT molecular complexity index is 969. The highest BCUT2D eigenvalue weighted by Crippen LogP contribution is 2.27. The van der Waals surface area contributed by atoms with Gasteiger partial charge in [-0.15, -0.1) is 11.3 Å². The molecule has 1 aromatic heterocycles. The number of hydrogen-bond donors (Lipinski definition) is 0. The van der Waals surface area contributed by atoms with Crippen LogP contribution in [0.3, 0.4) is 0 Å². The van der Waals surface area contributed by atoms with Crippen LogP contribution in [0.4, 0.5) is 4.79 Å². The molecule has 0 bridgehead atoms. The van der Waals surface area contributed by atoms with Crippen molar-refractivity contribution >= 4 is 29.3 Å². The molecule has 2 aliphatic heterocycles. The number of nitrogens with zero attached hydrogens (tertiary/aromatic N) is 3. The highest BCUT2D eigenvalue weighted by Gasteiger charge is 2.44. The minimum absolute atomic E-state index is 0.00899. The number of rotatable bonds is 5. The number of piperidine rings is 1. The Labute approximate surface area is 184 Å². The van der Waals surface area contributed by atoms with Crippen LogP contribution in [0.2, 0.25) is 0 Å². The molecule has 2 amide bonds. The molecule has 0 aliphatic carbocycles. The Balaban J connectivity index is 1.36. The van der Waals surface area contributed by atoms with Crippen LogP contribution >= 0.6 is 11.3 Å². The van der Waals surface area contributed by atoms with E-state index in [0.717, 1.165) is 16.3 Å². The van der Waals surface area contributed by atoms with Crippen LogP contribution in [-0.2, 0) is 20.9 Å². The van der Waals surface area contributed by atoms with E-state index in [0.29, 0.717) is 30.8 Å². The number of esters is 1. The van der Waals surface area contributed by atoms with Crippen molar-refractivity contribution in [1.29, 1.82) is 0 Å². The molecule has 164 valence electrons. The maximum absolute atomic E-state index is 12.8. The summed E-state index contributed by atoms with van der Waals surface area (Å²) in [6, 6.07) is 8.47. The van der Waals surface area contributed by atoms with E-state index >= 15 is 0 Å². The van der Waals surface area contributed by atoms with Gasteiger partial charge in [0.1, 0.15) is 18.1 Å². The molecule has 0 N–H and O–H groups in total. The molecule has 9 heteroatoms. The molecule has 31 heavy (non-hydrogen) atoms. The Kier molecular flexibility index (Phi) is 6.22. The molecule has 2 saturated heterocycles. The predicted molar refractivity (Wildman–Crippen MR) is 114 cm³/mol. The molecule has 0 radical (unpaired) electrons. The summed E-state index contributed by atoms with van der Waals surface area (Å²) in [4.78, 5) is 46.1. The minimum Gasteiger partial charge on any atom is -0.459 e. The largest absolute Gasteiger partial charge is 0.459 e. The highest BCUT2D eigenvalue weighted by molar-refractivity contribution is 7.13. The first-order chi connectivity index (χ1) is 14.9. The molecular weight excluding hydrogens is 418 g/mol. The van der Waals surface area contributed by atoms with Crippen molar-refractivity contribution in [3.05, 3.63) is 51.5 Å². The fourth-order valence-electron chi connectivity index (χ4n) is 4.06. The van der Waals surface area contributed by atoms with E-state index in [2.05, 4.69) is 4.98 Å². The molecular formula is C22H25N3O5S. The first-order valence-electron chi connectivity index (χ1n) is 10.3. The van der Waals surface area contributed by atoms with E-state index in [4.69, 9.17) is 9.47 Å². The first kappa shape index (κ1) is 21.3. The molecule has 2 fully saturated rings. The topological polar surface area (TPSA) is 89.0 Å². The van der Waals surface area contributed by atoms with Gasteiger partial charge in [-0.3, -0.25) is 9.69 Å². The standard InChI is InChI=1S/C22H25N3O5S/c1-14-19(31-15(2)23-14)20(26)24-10-8-17(9-11-24)25-18(13-30-22(25)28)21(27)29-12-16-6-4-3-5-7-16/h3-7,17-18H,8-13H2,1-2H3. The lowest BCUT2D eigenvalue weighted by Crippen LogP contribution is -2.52. The first-order valence-corrected chi connectivity index (χ1v) is 11.1. The summed E-state index contributed by atoms with van der Waals surface area (Å²) in [5.41, 5.74) is 1.63. The number of hydrogen-bond acceptors (Lipinski definition) is 7. The molecule has 1 unspecified atom stereocenters. The van der Waals surface area contributed by atoms with Gasteiger partial charge in [0, 0.05) is 19.1 Å². The lowest BCUT2D eigenvalue weighted by atomic mass is 10.0. The molecule has 2 aliphatic rings. The number of cyclic esters (lactones) is 1. The summed E-state index contributed by atoms with van der Waals surface area (Å²) in [5, 5.41) is 0.868. The van der Waals surface area contributed by atoms with Gasteiger partial charge in [0.2, 0.25) is 0 Å². The van der Waals surface area contributed by atoms with Crippen LogP contribution in [0.1, 0.15) is 38.8 Å². The third-order valence-corrected chi connectivity index (χ3v) is 6.71. The Hall–Kier alpha value is -2.94. The van der Waals surface area contributed by atoms with E-state index in [9.17, 15) is 14.4 Å². The van der Waals surface area contributed by atoms with Crippen molar-refractivity contribution in [1.82, 2.24) is 14.8 Å². The number of amides is 2. The SMILES string of the molecule is Cc1nc(C)c(C(=O)N2CCC(N3C(=O)OCC3C(=O)OCc3ccccc3)CC2)s1. The molecule has 1 aromatic carbocycles. The Morgan fingerprint density at radius 1 is 1.19 bits per heavy atom. The summed E-state index contributed by atoms with van der Waals surface area (Å²) < 4.78 is 10.6. The predicted octanol–water partition coefficient (Wildman–Crippen LogP) is 2.93. The number of carbonyl (C=O) groups is 3. The van der Waals surface area contributed by atoms with Gasteiger partial charge < -0.3 is 14.4 Å². The maximum atomic E-state index is 12.8. The van der Waals surface area contributed by atoms with Crippen LogP contribution in [-0.4, -0.2) is 64.5 Å². The molecule has 0 saturated carbocycles. The van der Waals surface area contributed by atoms with Gasteiger partial charge in [0.25, 0.3) is 5.91 Å². The van der Waals surface area contributed by atoms with Gasteiger partial charge in [0.15, 0.2) is 6.04 Å². The monoisotopic (exact) mass is 443 g/mol. The van der Waals surface area contributed by atoms with E-state index in [-0.39, 0.29) is 25.2 Å². The lowest BCUT2D eigenvalue weighted by Gasteiger charge is -2.37. The van der Waals surface area contributed by atoms with Crippen molar-refractivity contribution in [2.24, 2.45) is 0 Å². The molecule has 8 nitrogen and oxygen atoms in total. The number of ether oxygens (including phenoxy) is 2. The smallest absolute Gasteiger partial charge is 0.410 e. The number of likely N-dealkylation sites (tertiary alicyclic amines) is 1. The maximum Gasteiger partial charge on any atom is 0.410 e. The van der Waals surface area contributed by atoms with Gasteiger partial charge in [-0.05, 0) is 32.3 Å². The number of aromatic nitrogens is 1. The number of benzene rings is 1. The number of aryl methyl sites for hydroxylation is 2. The number of carbonyl (C=O) groups excluding carboxylic acids is 3. The van der Waals surface area contributed by atoms with Crippen LogP contribution in [0.15, 0.2) is 30.3 Å². The fourth-order valence-corrected chi connectivity index (χ4v) is 4.95. The summed E-state index contributed by atoms with van der Waals surface area (Å²) >= 11 is 1.40. The van der Waals surface area contributed by atoms with E-state index in [1.165, 1.54) is 16.2 Å². The molecule has 2 aromatic rings. The molecule has 4 rings (SSSR count). The van der Waals surface area contributed by atoms with Crippen molar-refractivity contribution in [2.45, 2.75) is 45.4 Å². The summed E-state index contributed by atoms with van der Waals surface area (Å²) in [5.74, 6) is -0.492.